The van der Waals surface area contributed by atoms with Gasteiger partial charge in [0.15, 0.2) is 5.78 Å². The molecule has 0 bridgehead atoms. The predicted octanol–water partition coefficient (Wildman–Crippen LogP) is 4.28. The first kappa shape index (κ1) is 12.7. The van der Waals surface area contributed by atoms with Crippen molar-refractivity contribution in [3.63, 3.8) is 0 Å². The van der Waals surface area contributed by atoms with E-state index in [1.165, 1.54) is 6.08 Å². The van der Waals surface area contributed by atoms with Gasteiger partial charge in [0.2, 0.25) is 0 Å². The average molecular weight is 318 g/mol. The van der Waals surface area contributed by atoms with Crippen LogP contribution < -0.4 is 0 Å². The molecule has 4 heteroatoms. The SMILES string of the molecule is N#Cc1cccc(C(=O)/C=C/c2cc(Br)cs2)c1. The summed E-state index contributed by atoms with van der Waals surface area (Å²) in [5.74, 6) is -0.100. The number of hydrogen-bond acceptors (Lipinski definition) is 3. The smallest absolute Gasteiger partial charge is 0.185 e. The highest BCUT2D eigenvalue weighted by atomic mass is 79.9. The number of benzene rings is 1. The molecule has 0 radical (unpaired) electrons. The molecule has 0 N–H and O–H groups in total. The highest BCUT2D eigenvalue weighted by Crippen LogP contribution is 2.21. The van der Waals surface area contributed by atoms with Gasteiger partial charge < -0.3 is 0 Å². The van der Waals surface area contributed by atoms with E-state index in [1.54, 1.807) is 41.7 Å². The van der Waals surface area contributed by atoms with Crippen molar-refractivity contribution in [1.82, 2.24) is 0 Å². The number of nitrogens with zero attached hydrogens (tertiary/aromatic N) is 1. The largest absolute Gasteiger partial charge is 0.289 e. The van der Waals surface area contributed by atoms with Crippen molar-refractivity contribution in [1.29, 1.82) is 5.26 Å². The van der Waals surface area contributed by atoms with E-state index in [4.69, 9.17) is 5.26 Å². The summed E-state index contributed by atoms with van der Waals surface area (Å²) in [5.41, 5.74) is 1.02. The van der Waals surface area contributed by atoms with E-state index in [0.29, 0.717) is 11.1 Å². The molecule has 18 heavy (non-hydrogen) atoms. The van der Waals surface area contributed by atoms with Gasteiger partial charge in [0, 0.05) is 20.3 Å². The summed E-state index contributed by atoms with van der Waals surface area (Å²) < 4.78 is 1.01. The van der Waals surface area contributed by atoms with E-state index in [0.717, 1.165) is 9.35 Å². The van der Waals surface area contributed by atoms with Crippen LogP contribution in [0.3, 0.4) is 0 Å². The summed E-state index contributed by atoms with van der Waals surface area (Å²) in [4.78, 5) is 12.9. The predicted molar refractivity (Wildman–Crippen MR) is 76.5 cm³/mol. The van der Waals surface area contributed by atoms with Crippen LogP contribution in [-0.2, 0) is 0 Å². The molecule has 1 aromatic carbocycles. The number of carbonyl (C=O) groups is 1. The first-order valence-electron chi connectivity index (χ1n) is 5.15. The van der Waals surface area contributed by atoms with E-state index in [-0.39, 0.29) is 5.78 Å². The maximum absolute atomic E-state index is 11.9. The van der Waals surface area contributed by atoms with E-state index in [9.17, 15) is 4.79 Å². The maximum atomic E-state index is 11.9. The van der Waals surface area contributed by atoms with E-state index < -0.39 is 0 Å². The van der Waals surface area contributed by atoms with Gasteiger partial charge in [-0.1, -0.05) is 12.1 Å². The third-order valence-corrected chi connectivity index (χ3v) is 3.92. The standard InChI is InChI=1S/C14H8BrNOS/c15-12-7-13(18-9-12)4-5-14(17)11-3-1-2-10(6-11)8-16/h1-7,9H/b5-4+. The Bertz CT molecular complexity index is 652. The van der Waals surface area contributed by atoms with Crippen LogP contribution in [0.25, 0.3) is 6.08 Å². The fourth-order valence-electron chi connectivity index (χ4n) is 1.41. The number of hydrogen-bond donors (Lipinski definition) is 0. The third-order valence-electron chi connectivity index (χ3n) is 2.26. The molecule has 0 fully saturated rings. The van der Waals surface area contributed by atoms with Gasteiger partial charge in [0.1, 0.15) is 0 Å². The number of rotatable bonds is 3. The number of thiophene rings is 1. The summed E-state index contributed by atoms with van der Waals surface area (Å²) >= 11 is 4.91. The lowest BCUT2D eigenvalue weighted by Gasteiger charge is -1.95. The number of carbonyl (C=O) groups excluding carboxylic acids is 1. The van der Waals surface area contributed by atoms with Crippen molar-refractivity contribution in [2.24, 2.45) is 0 Å². The van der Waals surface area contributed by atoms with Crippen LogP contribution in [0.2, 0.25) is 0 Å². The molecule has 1 heterocycles. The minimum atomic E-state index is -0.100. The quantitative estimate of drug-likeness (QED) is 0.626. The van der Waals surface area contributed by atoms with E-state index in [1.807, 2.05) is 17.5 Å². The first-order valence-corrected chi connectivity index (χ1v) is 6.83. The van der Waals surface area contributed by atoms with Crippen LogP contribution in [0.4, 0.5) is 0 Å². The minimum absolute atomic E-state index is 0.100. The van der Waals surface area contributed by atoms with Gasteiger partial charge >= 0.3 is 0 Å². The zero-order chi connectivity index (χ0) is 13.0. The second-order valence-corrected chi connectivity index (χ2v) is 5.42. The second kappa shape index (κ2) is 5.76. The lowest BCUT2D eigenvalue weighted by molar-refractivity contribution is 0.104. The van der Waals surface area contributed by atoms with Crippen LogP contribution in [0, 0.1) is 11.3 Å². The molecule has 0 aliphatic heterocycles. The van der Waals surface area contributed by atoms with Gasteiger partial charge in [-0.05, 0) is 46.3 Å². The molecule has 2 nitrogen and oxygen atoms in total. The van der Waals surface area contributed by atoms with Gasteiger partial charge in [-0.25, -0.2) is 0 Å². The molecule has 0 amide bonds. The van der Waals surface area contributed by atoms with Crippen molar-refractivity contribution in [2.75, 3.05) is 0 Å². The topological polar surface area (TPSA) is 40.9 Å². The first-order chi connectivity index (χ1) is 8.69. The van der Waals surface area contributed by atoms with Crippen LogP contribution >= 0.6 is 27.3 Å². The van der Waals surface area contributed by atoms with Crippen LogP contribution in [0.5, 0.6) is 0 Å². The molecule has 0 aliphatic carbocycles. The Morgan fingerprint density at radius 2 is 2.22 bits per heavy atom. The average Bonchev–Trinajstić information content (AvgIpc) is 2.82. The van der Waals surface area contributed by atoms with Crippen molar-refractivity contribution < 1.29 is 4.79 Å². The number of halogens is 1. The van der Waals surface area contributed by atoms with Gasteiger partial charge in [0.05, 0.1) is 11.6 Å². The normalized spacial score (nSPS) is 10.4. The second-order valence-electron chi connectivity index (χ2n) is 3.56. The number of nitriles is 1. The molecule has 0 atom stereocenters. The third kappa shape index (κ3) is 3.16. The van der Waals surface area contributed by atoms with E-state index >= 15 is 0 Å². The molecule has 0 aliphatic rings. The van der Waals surface area contributed by atoms with E-state index in [2.05, 4.69) is 15.9 Å². The lowest BCUT2D eigenvalue weighted by atomic mass is 10.1. The summed E-state index contributed by atoms with van der Waals surface area (Å²) in [6.07, 6.45) is 3.30. The lowest BCUT2D eigenvalue weighted by Crippen LogP contribution is -1.94. The molecule has 2 aromatic rings. The van der Waals surface area contributed by atoms with Crippen molar-refractivity contribution >= 4 is 39.1 Å². The minimum Gasteiger partial charge on any atom is -0.289 e. The van der Waals surface area contributed by atoms with Gasteiger partial charge in [0.25, 0.3) is 0 Å². The monoisotopic (exact) mass is 317 g/mol. The van der Waals surface area contributed by atoms with Crippen molar-refractivity contribution in [3.8, 4) is 6.07 Å². The molecule has 88 valence electrons. The zero-order valence-electron chi connectivity index (χ0n) is 9.26. The molecule has 0 spiro atoms. The molecule has 2 rings (SSSR count). The zero-order valence-corrected chi connectivity index (χ0v) is 11.7. The fraction of sp³-hybridized carbons (Fsp3) is 0. The van der Waals surface area contributed by atoms with Crippen LogP contribution in [0.1, 0.15) is 20.8 Å². The summed E-state index contributed by atoms with van der Waals surface area (Å²) in [5, 5.41) is 10.7. The number of ketones is 1. The Balaban J connectivity index is 2.17. The Morgan fingerprint density at radius 1 is 1.39 bits per heavy atom. The number of allylic oxidation sites excluding steroid dienone is 1. The van der Waals surface area contributed by atoms with Gasteiger partial charge in [-0.15, -0.1) is 11.3 Å². The fourth-order valence-corrected chi connectivity index (χ4v) is 2.75. The van der Waals surface area contributed by atoms with Gasteiger partial charge in [-0.2, -0.15) is 5.26 Å². The molecule has 0 saturated heterocycles. The van der Waals surface area contributed by atoms with Gasteiger partial charge in [-0.3, -0.25) is 4.79 Å². The molecule has 0 unspecified atom stereocenters. The Morgan fingerprint density at radius 3 is 2.89 bits per heavy atom. The maximum Gasteiger partial charge on any atom is 0.185 e. The summed E-state index contributed by atoms with van der Waals surface area (Å²) in [6.45, 7) is 0. The highest BCUT2D eigenvalue weighted by molar-refractivity contribution is 9.10. The Labute approximate surface area is 117 Å². The van der Waals surface area contributed by atoms with Crippen molar-refractivity contribution in [2.45, 2.75) is 0 Å². The Kier molecular flexibility index (Phi) is 4.08. The van der Waals surface area contributed by atoms with Crippen LogP contribution in [0.15, 0.2) is 46.3 Å². The molecule has 0 saturated carbocycles. The molecule has 1 aromatic heterocycles. The summed E-state index contributed by atoms with van der Waals surface area (Å²) in [7, 11) is 0. The van der Waals surface area contributed by atoms with Crippen molar-refractivity contribution in [3.05, 3.63) is 62.3 Å². The summed E-state index contributed by atoms with van der Waals surface area (Å²) in [6, 6.07) is 10.7. The highest BCUT2D eigenvalue weighted by Gasteiger charge is 2.02. The Hall–Kier alpha value is -1.70. The van der Waals surface area contributed by atoms with Crippen LogP contribution in [-0.4, -0.2) is 5.78 Å². The molecular weight excluding hydrogens is 310 g/mol. The molecular formula is C14H8BrNOS.